The topological polar surface area (TPSA) is 39.2 Å². The van der Waals surface area contributed by atoms with Crippen molar-refractivity contribution in [2.45, 2.75) is 38.6 Å². The lowest BCUT2D eigenvalue weighted by Crippen LogP contribution is -2.30. The number of hydrogen-bond donors (Lipinski definition) is 1. The second kappa shape index (κ2) is 3.59. The maximum absolute atomic E-state index is 6.09. The van der Waals surface area contributed by atoms with Crippen LogP contribution in [0, 0.1) is 5.41 Å². The Hall–Kier alpha value is -0.470. The van der Waals surface area contributed by atoms with Crippen molar-refractivity contribution in [2.75, 3.05) is 0 Å². The summed E-state index contributed by atoms with van der Waals surface area (Å²) in [5.41, 5.74) is 7.47. The molecule has 0 aromatic carbocycles. The molecule has 2 nitrogen and oxygen atoms in total. The fourth-order valence-electron chi connectivity index (χ4n) is 2.20. The minimum atomic E-state index is 0.0200. The molecular formula is C11H16ClNO. The summed E-state index contributed by atoms with van der Waals surface area (Å²) in [4.78, 5) is 0. The van der Waals surface area contributed by atoms with Crippen molar-refractivity contribution >= 4 is 11.6 Å². The molecule has 1 aliphatic rings. The number of nitrogens with two attached hydrogens (primary N) is 1. The van der Waals surface area contributed by atoms with Gasteiger partial charge in [0.1, 0.15) is 0 Å². The second-order valence-corrected chi connectivity index (χ2v) is 4.97. The highest BCUT2D eigenvalue weighted by molar-refractivity contribution is 6.29. The Morgan fingerprint density at radius 3 is 2.79 bits per heavy atom. The van der Waals surface area contributed by atoms with E-state index >= 15 is 0 Å². The first kappa shape index (κ1) is 10.1. The van der Waals surface area contributed by atoms with Gasteiger partial charge >= 0.3 is 0 Å². The Bertz CT molecular complexity index is 317. The Labute approximate surface area is 89.4 Å². The van der Waals surface area contributed by atoms with Crippen molar-refractivity contribution in [3.8, 4) is 0 Å². The summed E-state index contributed by atoms with van der Waals surface area (Å²) >= 11 is 5.88. The maximum Gasteiger partial charge on any atom is 0.197 e. The van der Waals surface area contributed by atoms with Gasteiger partial charge in [0.25, 0.3) is 0 Å². The van der Waals surface area contributed by atoms with E-state index in [-0.39, 0.29) is 6.04 Å². The van der Waals surface area contributed by atoms with Crippen LogP contribution in [-0.2, 0) is 0 Å². The Morgan fingerprint density at radius 1 is 1.64 bits per heavy atom. The van der Waals surface area contributed by atoms with Gasteiger partial charge in [-0.15, -0.1) is 0 Å². The average Bonchev–Trinajstić information content (AvgIpc) is 2.48. The third-order valence-electron chi connectivity index (χ3n) is 3.32. The van der Waals surface area contributed by atoms with Crippen molar-refractivity contribution in [3.63, 3.8) is 0 Å². The van der Waals surface area contributed by atoms with Crippen LogP contribution in [0.1, 0.15) is 44.2 Å². The number of hydrogen-bond acceptors (Lipinski definition) is 2. The molecule has 1 aromatic rings. The smallest absolute Gasteiger partial charge is 0.197 e. The van der Waals surface area contributed by atoms with E-state index in [1.54, 1.807) is 6.26 Å². The van der Waals surface area contributed by atoms with Crippen molar-refractivity contribution in [3.05, 3.63) is 23.1 Å². The molecule has 1 unspecified atom stereocenters. The van der Waals surface area contributed by atoms with Crippen molar-refractivity contribution in [1.82, 2.24) is 0 Å². The molecule has 3 heteroatoms. The molecule has 0 amide bonds. The lowest BCUT2D eigenvalue weighted by Gasteiger charge is -2.40. The second-order valence-electron chi connectivity index (χ2n) is 4.62. The predicted octanol–water partition coefficient (Wildman–Crippen LogP) is 3.51. The van der Waals surface area contributed by atoms with Crippen LogP contribution in [0.15, 0.2) is 16.7 Å². The molecule has 2 rings (SSSR count). The number of furan rings is 1. The first-order valence-corrected chi connectivity index (χ1v) is 5.47. The highest BCUT2D eigenvalue weighted by Gasteiger charge is 2.34. The average molecular weight is 214 g/mol. The van der Waals surface area contributed by atoms with Gasteiger partial charge in [-0.1, -0.05) is 13.3 Å². The molecule has 14 heavy (non-hydrogen) atoms. The molecule has 0 spiro atoms. The fourth-order valence-corrected chi connectivity index (χ4v) is 2.45. The van der Waals surface area contributed by atoms with E-state index in [9.17, 15) is 0 Å². The normalized spacial score (nSPS) is 21.6. The van der Waals surface area contributed by atoms with Gasteiger partial charge in [0.2, 0.25) is 0 Å². The molecule has 78 valence electrons. The standard InChI is InChI=1S/C11H16ClNO/c1-11(4-2-5-11)7-9(13)8-3-6-14-10(8)12/h3,6,9H,2,4-5,7,13H2,1H3. The van der Waals surface area contributed by atoms with E-state index in [0.717, 1.165) is 12.0 Å². The Balaban J connectivity index is 2.02. The Kier molecular flexibility index (Phi) is 2.58. The van der Waals surface area contributed by atoms with Crippen molar-refractivity contribution in [2.24, 2.45) is 11.1 Å². The summed E-state index contributed by atoms with van der Waals surface area (Å²) in [6.45, 7) is 2.30. The summed E-state index contributed by atoms with van der Waals surface area (Å²) in [5, 5.41) is 0.445. The van der Waals surface area contributed by atoms with E-state index in [1.165, 1.54) is 19.3 Å². The molecule has 1 aliphatic carbocycles. The molecule has 1 aromatic heterocycles. The molecule has 2 N–H and O–H groups in total. The summed E-state index contributed by atoms with van der Waals surface area (Å²) in [6, 6.07) is 1.89. The van der Waals surface area contributed by atoms with Crippen LogP contribution in [-0.4, -0.2) is 0 Å². The quantitative estimate of drug-likeness (QED) is 0.835. The van der Waals surface area contributed by atoms with Gasteiger partial charge in [-0.2, -0.15) is 0 Å². The van der Waals surface area contributed by atoms with Crippen LogP contribution in [0.25, 0.3) is 0 Å². The van der Waals surface area contributed by atoms with Crippen LogP contribution in [0.3, 0.4) is 0 Å². The predicted molar refractivity (Wildman–Crippen MR) is 57.2 cm³/mol. The summed E-state index contributed by atoms with van der Waals surface area (Å²) in [7, 11) is 0. The number of rotatable bonds is 3. The lowest BCUT2D eigenvalue weighted by molar-refractivity contribution is 0.134. The van der Waals surface area contributed by atoms with Crippen LogP contribution in [0.4, 0.5) is 0 Å². The zero-order valence-electron chi connectivity index (χ0n) is 8.42. The Morgan fingerprint density at radius 2 is 2.36 bits per heavy atom. The first-order chi connectivity index (χ1) is 6.61. The van der Waals surface area contributed by atoms with Crippen LogP contribution < -0.4 is 5.73 Å². The van der Waals surface area contributed by atoms with Gasteiger partial charge in [-0.05, 0) is 42.3 Å². The monoisotopic (exact) mass is 213 g/mol. The van der Waals surface area contributed by atoms with Gasteiger partial charge < -0.3 is 10.2 Å². The number of halogens is 1. The molecule has 1 atom stereocenters. The fraction of sp³-hybridized carbons (Fsp3) is 0.636. The highest BCUT2D eigenvalue weighted by atomic mass is 35.5. The summed E-state index contributed by atoms with van der Waals surface area (Å²) in [5.74, 6) is 0. The minimum Gasteiger partial charge on any atom is -0.453 e. The van der Waals surface area contributed by atoms with E-state index < -0.39 is 0 Å². The molecule has 0 saturated heterocycles. The molecular weight excluding hydrogens is 198 g/mol. The molecule has 1 saturated carbocycles. The largest absolute Gasteiger partial charge is 0.453 e. The van der Waals surface area contributed by atoms with Crippen molar-refractivity contribution in [1.29, 1.82) is 0 Å². The first-order valence-electron chi connectivity index (χ1n) is 5.09. The zero-order valence-corrected chi connectivity index (χ0v) is 9.18. The summed E-state index contributed by atoms with van der Waals surface area (Å²) < 4.78 is 5.04. The molecule has 0 radical (unpaired) electrons. The van der Waals surface area contributed by atoms with E-state index in [1.807, 2.05) is 6.07 Å². The molecule has 0 bridgehead atoms. The molecule has 0 aliphatic heterocycles. The maximum atomic E-state index is 6.09. The third-order valence-corrected chi connectivity index (χ3v) is 3.63. The van der Waals surface area contributed by atoms with Gasteiger partial charge in [0.15, 0.2) is 5.22 Å². The van der Waals surface area contributed by atoms with Gasteiger partial charge in [-0.25, -0.2) is 0 Å². The molecule has 1 heterocycles. The van der Waals surface area contributed by atoms with Crippen LogP contribution >= 0.6 is 11.6 Å². The molecule has 1 fully saturated rings. The van der Waals surface area contributed by atoms with Crippen molar-refractivity contribution < 1.29 is 4.42 Å². The zero-order chi connectivity index (χ0) is 10.2. The van der Waals surface area contributed by atoms with Gasteiger partial charge in [0, 0.05) is 11.6 Å². The summed E-state index contributed by atoms with van der Waals surface area (Å²) in [6.07, 6.45) is 6.52. The van der Waals surface area contributed by atoms with Crippen LogP contribution in [0.2, 0.25) is 5.22 Å². The lowest BCUT2D eigenvalue weighted by atomic mass is 9.66. The van der Waals surface area contributed by atoms with E-state index in [2.05, 4.69) is 6.92 Å². The highest BCUT2D eigenvalue weighted by Crippen LogP contribution is 2.46. The van der Waals surface area contributed by atoms with Crippen LogP contribution in [0.5, 0.6) is 0 Å². The third kappa shape index (κ3) is 1.82. The van der Waals surface area contributed by atoms with E-state index in [4.69, 9.17) is 21.8 Å². The van der Waals surface area contributed by atoms with E-state index in [0.29, 0.717) is 10.6 Å². The minimum absolute atomic E-state index is 0.0200. The SMILES string of the molecule is CC1(CC(N)c2ccoc2Cl)CCC1. The van der Waals surface area contributed by atoms with Gasteiger partial charge in [0.05, 0.1) is 6.26 Å². The van der Waals surface area contributed by atoms with Gasteiger partial charge in [-0.3, -0.25) is 0 Å².